The van der Waals surface area contributed by atoms with Crippen molar-refractivity contribution in [2.45, 2.75) is 24.8 Å². The SMILES string of the molecule is CCOc1ccc(CSc2n[nH]c(C)n2)cc1. The van der Waals surface area contributed by atoms with Gasteiger partial charge in [0.15, 0.2) is 0 Å². The van der Waals surface area contributed by atoms with Gasteiger partial charge >= 0.3 is 0 Å². The summed E-state index contributed by atoms with van der Waals surface area (Å²) in [5, 5.41) is 7.70. The van der Waals surface area contributed by atoms with E-state index in [1.807, 2.05) is 26.0 Å². The van der Waals surface area contributed by atoms with E-state index in [1.165, 1.54) is 5.56 Å². The highest BCUT2D eigenvalue weighted by atomic mass is 32.2. The Kier molecular flexibility index (Phi) is 4.03. The molecule has 90 valence electrons. The van der Waals surface area contributed by atoms with Gasteiger partial charge in [0.1, 0.15) is 11.6 Å². The minimum Gasteiger partial charge on any atom is -0.494 e. The molecule has 1 heterocycles. The third-order valence-electron chi connectivity index (χ3n) is 2.18. The van der Waals surface area contributed by atoms with Gasteiger partial charge in [-0.3, -0.25) is 5.10 Å². The third-order valence-corrected chi connectivity index (χ3v) is 3.10. The molecule has 0 bridgehead atoms. The van der Waals surface area contributed by atoms with Gasteiger partial charge < -0.3 is 4.74 Å². The van der Waals surface area contributed by atoms with Gasteiger partial charge in [0, 0.05) is 5.75 Å². The maximum atomic E-state index is 5.39. The Hall–Kier alpha value is -1.49. The topological polar surface area (TPSA) is 50.8 Å². The molecule has 0 unspecified atom stereocenters. The van der Waals surface area contributed by atoms with Crippen molar-refractivity contribution in [1.29, 1.82) is 0 Å². The van der Waals surface area contributed by atoms with Crippen LogP contribution in [0.5, 0.6) is 5.75 Å². The van der Waals surface area contributed by atoms with Crippen LogP contribution in [0.25, 0.3) is 0 Å². The lowest BCUT2D eigenvalue weighted by molar-refractivity contribution is 0.340. The number of hydrogen-bond donors (Lipinski definition) is 1. The number of H-pyrrole nitrogens is 1. The molecule has 0 aliphatic rings. The highest BCUT2D eigenvalue weighted by Gasteiger charge is 2.01. The number of benzene rings is 1. The molecule has 1 N–H and O–H groups in total. The van der Waals surface area contributed by atoms with E-state index in [2.05, 4.69) is 27.3 Å². The Morgan fingerprint density at radius 2 is 2.06 bits per heavy atom. The average molecular weight is 249 g/mol. The van der Waals surface area contributed by atoms with Crippen LogP contribution in [0.15, 0.2) is 29.4 Å². The summed E-state index contributed by atoms with van der Waals surface area (Å²) in [7, 11) is 0. The monoisotopic (exact) mass is 249 g/mol. The molecule has 1 aromatic carbocycles. The number of nitrogens with zero attached hydrogens (tertiary/aromatic N) is 2. The van der Waals surface area contributed by atoms with Crippen LogP contribution in [0.2, 0.25) is 0 Å². The molecule has 0 spiro atoms. The Labute approximate surface area is 105 Å². The van der Waals surface area contributed by atoms with Crippen LogP contribution >= 0.6 is 11.8 Å². The van der Waals surface area contributed by atoms with Crippen LogP contribution in [0.1, 0.15) is 18.3 Å². The van der Waals surface area contributed by atoms with Crippen LogP contribution in [0.3, 0.4) is 0 Å². The molecule has 1 aromatic heterocycles. The van der Waals surface area contributed by atoms with Gasteiger partial charge in [-0.2, -0.15) is 0 Å². The largest absolute Gasteiger partial charge is 0.494 e. The minimum atomic E-state index is 0.699. The zero-order valence-corrected chi connectivity index (χ0v) is 10.8. The van der Waals surface area contributed by atoms with Gasteiger partial charge in [-0.05, 0) is 31.5 Å². The van der Waals surface area contributed by atoms with Crippen molar-refractivity contribution in [3.8, 4) is 5.75 Å². The summed E-state index contributed by atoms with van der Waals surface area (Å²) in [5.41, 5.74) is 1.24. The molecule has 0 radical (unpaired) electrons. The zero-order valence-electron chi connectivity index (χ0n) is 9.93. The summed E-state index contributed by atoms with van der Waals surface area (Å²) >= 11 is 1.62. The number of thioether (sulfide) groups is 1. The molecule has 4 nitrogen and oxygen atoms in total. The summed E-state index contributed by atoms with van der Waals surface area (Å²) < 4.78 is 5.39. The van der Waals surface area contributed by atoms with Gasteiger partial charge in [0.05, 0.1) is 6.61 Å². The van der Waals surface area contributed by atoms with E-state index in [0.717, 1.165) is 22.5 Å². The second kappa shape index (κ2) is 5.72. The highest BCUT2D eigenvalue weighted by molar-refractivity contribution is 7.98. The van der Waals surface area contributed by atoms with Crippen molar-refractivity contribution < 1.29 is 4.74 Å². The van der Waals surface area contributed by atoms with E-state index in [0.29, 0.717) is 6.61 Å². The van der Waals surface area contributed by atoms with Crippen LogP contribution in [-0.4, -0.2) is 21.8 Å². The summed E-state index contributed by atoms with van der Waals surface area (Å²) in [6.45, 7) is 4.58. The molecule has 0 saturated heterocycles. The normalized spacial score (nSPS) is 10.5. The first-order valence-corrected chi connectivity index (χ1v) is 6.50. The Balaban J connectivity index is 1.90. The molecule has 0 amide bonds. The van der Waals surface area contributed by atoms with Gasteiger partial charge in [-0.15, -0.1) is 5.10 Å². The first-order valence-electron chi connectivity index (χ1n) is 5.51. The second-order valence-electron chi connectivity index (χ2n) is 3.57. The maximum absolute atomic E-state index is 5.39. The number of nitrogens with one attached hydrogen (secondary N) is 1. The van der Waals surface area contributed by atoms with E-state index in [1.54, 1.807) is 11.8 Å². The van der Waals surface area contributed by atoms with Gasteiger partial charge in [0.2, 0.25) is 5.16 Å². The Bertz CT molecular complexity index is 467. The van der Waals surface area contributed by atoms with E-state index < -0.39 is 0 Å². The lowest BCUT2D eigenvalue weighted by Gasteiger charge is -2.03. The number of ether oxygens (including phenoxy) is 1. The number of aromatic nitrogens is 3. The van der Waals surface area contributed by atoms with Crippen molar-refractivity contribution >= 4 is 11.8 Å². The van der Waals surface area contributed by atoms with E-state index in [4.69, 9.17) is 4.74 Å². The minimum absolute atomic E-state index is 0.699. The fourth-order valence-electron chi connectivity index (χ4n) is 1.38. The summed E-state index contributed by atoms with van der Waals surface area (Å²) in [5.74, 6) is 2.62. The number of hydrogen-bond acceptors (Lipinski definition) is 4. The number of aromatic amines is 1. The van der Waals surface area contributed by atoms with Crippen molar-refractivity contribution in [1.82, 2.24) is 15.2 Å². The van der Waals surface area contributed by atoms with Crippen molar-refractivity contribution in [3.05, 3.63) is 35.7 Å². The second-order valence-corrected chi connectivity index (χ2v) is 4.51. The molecule has 0 saturated carbocycles. The molecule has 17 heavy (non-hydrogen) atoms. The fourth-order valence-corrected chi connectivity index (χ4v) is 2.18. The van der Waals surface area contributed by atoms with Crippen molar-refractivity contribution in [2.75, 3.05) is 6.61 Å². The third kappa shape index (κ3) is 3.49. The van der Waals surface area contributed by atoms with Gasteiger partial charge in [0.25, 0.3) is 0 Å². The quantitative estimate of drug-likeness (QED) is 0.828. The van der Waals surface area contributed by atoms with Crippen molar-refractivity contribution in [3.63, 3.8) is 0 Å². The highest BCUT2D eigenvalue weighted by Crippen LogP contribution is 2.20. The molecule has 0 aliphatic carbocycles. The van der Waals surface area contributed by atoms with E-state index in [-0.39, 0.29) is 0 Å². The molecular weight excluding hydrogens is 234 g/mol. The first-order chi connectivity index (χ1) is 8.28. The average Bonchev–Trinajstić information content (AvgIpc) is 2.75. The maximum Gasteiger partial charge on any atom is 0.208 e. The molecule has 0 fully saturated rings. The van der Waals surface area contributed by atoms with Crippen molar-refractivity contribution in [2.24, 2.45) is 0 Å². The standard InChI is InChI=1S/C12H15N3OS/c1-3-16-11-6-4-10(5-7-11)8-17-12-13-9(2)14-15-12/h4-7H,3,8H2,1-2H3,(H,13,14,15). The Morgan fingerprint density at radius 1 is 1.29 bits per heavy atom. The predicted molar refractivity (Wildman–Crippen MR) is 68.3 cm³/mol. The van der Waals surface area contributed by atoms with Gasteiger partial charge in [-0.1, -0.05) is 23.9 Å². The molecule has 2 aromatic rings. The predicted octanol–water partition coefficient (Wildman–Crippen LogP) is 2.80. The zero-order chi connectivity index (χ0) is 12.1. The van der Waals surface area contributed by atoms with Crippen LogP contribution in [-0.2, 0) is 5.75 Å². The molecule has 5 heteroatoms. The summed E-state index contributed by atoms with van der Waals surface area (Å²) in [4.78, 5) is 4.24. The molecule has 0 atom stereocenters. The van der Waals surface area contributed by atoms with Gasteiger partial charge in [-0.25, -0.2) is 4.98 Å². The van der Waals surface area contributed by atoms with Crippen LogP contribution in [0.4, 0.5) is 0 Å². The molecule has 0 aliphatic heterocycles. The smallest absolute Gasteiger partial charge is 0.208 e. The molecule has 2 rings (SSSR count). The molecular formula is C12H15N3OS. The van der Waals surface area contributed by atoms with Crippen LogP contribution < -0.4 is 4.74 Å². The first kappa shape index (κ1) is 12.0. The van der Waals surface area contributed by atoms with E-state index in [9.17, 15) is 0 Å². The number of aryl methyl sites for hydroxylation is 1. The van der Waals surface area contributed by atoms with Crippen LogP contribution in [0, 0.1) is 6.92 Å². The summed E-state index contributed by atoms with van der Waals surface area (Å²) in [6.07, 6.45) is 0. The van der Waals surface area contributed by atoms with E-state index >= 15 is 0 Å². The fraction of sp³-hybridized carbons (Fsp3) is 0.333. The lowest BCUT2D eigenvalue weighted by atomic mass is 10.2. The number of rotatable bonds is 5. The Morgan fingerprint density at radius 3 is 2.65 bits per heavy atom. The summed E-state index contributed by atoms with van der Waals surface area (Å²) in [6, 6.07) is 8.11. The lowest BCUT2D eigenvalue weighted by Crippen LogP contribution is -1.91.